The van der Waals surface area contributed by atoms with Crippen molar-refractivity contribution >= 4 is 174 Å². The van der Waals surface area contributed by atoms with Crippen LogP contribution in [0.4, 0.5) is 13.2 Å². The Morgan fingerprint density at radius 2 is 0.704 bits per heavy atom. The molecule has 0 saturated carbocycles. The molecule has 0 bridgehead atoms. The minimum Gasteiger partial charge on any atom is -0.168 e. The Kier molecular flexibility index (Phi) is 10.5. The Hall–Kier alpha value is 4.14. The number of hydrogen-bond acceptors (Lipinski definition) is 0. The first-order valence-electron chi connectivity index (χ1n) is 5.61. The standard InChI is InChI=1S/C9H2Cl15F3/c10-2(11,1-3(12,13)9(25,26)27)4(14,15)5(16,17)6(18,19)7(20,21)8(22,23)24/h1H2. The zero-order chi connectivity index (χ0) is 22.7. The summed E-state index contributed by atoms with van der Waals surface area (Å²) in [4.78, 5) is 0. The largest absolute Gasteiger partial charge is 0.421 e. The van der Waals surface area contributed by atoms with E-state index in [0.717, 1.165) is 0 Å². The van der Waals surface area contributed by atoms with Gasteiger partial charge in [0.1, 0.15) is 0 Å². The van der Waals surface area contributed by atoms with E-state index in [0.29, 0.717) is 0 Å². The molecular formula is C9H2Cl15F3. The molecule has 0 atom stereocenters. The van der Waals surface area contributed by atoms with Gasteiger partial charge in [0.05, 0.1) is 0 Å². The summed E-state index contributed by atoms with van der Waals surface area (Å²) < 4.78 is 17.6. The average molecular weight is 699 g/mol. The second-order valence-electron chi connectivity index (χ2n) is 4.88. The zero-order valence-electron chi connectivity index (χ0n) is 11.5. The van der Waals surface area contributed by atoms with E-state index in [2.05, 4.69) is 0 Å². The van der Waals surface area contributed by atoms with Gasteiger partial charge in [-0.1, -0.05) is 174 Å². The lowest BCUT2D eigenvalue weighted by atomic mass is 10.0. The third-order valence-electron chi connectivity index (χ3n) is 2.86. The molecule has 0 aliphatic carbocycles. The van der Waals surface area contributed by atoms with Crippen molar-refractivity contribution in [1.82, 2.24) is 0 Å². The van der Waals surface area contributed by atoms with E-state index >= 15 is 0 Å². The van der Waals surface area contributed by atoms with E-state index in [4.69, 9.17) is 174 Å². The Balaban J connectivity index is 6.32. The van der Waals surface area contributed by atoms with E-state index in [-0.39, 0.29) is 0 Å². The van der Waals surface area contributed by atoms with E-state index < -0.39 is 42.4 Å². The first-order valence-corrected chi connectivity index (χ1v) is 11.3. The van der Waals surface area contributed by atoms with Crippen molar-refractivity contribution < 1.29 is 13.2 Å². The van der Waals surface area contributed by atoms with Gasteiger partial charge < -0.3 is 0 Å². The molecule has 27 heavy (non-hydrogen) atoms. The third kappa shape index (κ3) is 5.80. The second-order valence-corrected chi connectivity index (χ2v) is 15.4. The number of alkyl halides is 18. The van der Waals surface area contributed by atoms with Crippen LogP contribution in [0.15, 0.2) is 0 Å². The van der Waals surface area contributed by atoms with Crippen molar-refractivity contribution in [2.24, 2.45) is 0 Å². The Labute approximate surface area is 227 Å². The SMILES string of the molecule is FC(F)(F)C(Cl)(Cl)CC(Cl)(Cl)C(Cl)(Cl)C(Cl)(Cl)C(Cl)(Cl)C(Cl)(Cl)C(Cl)(Cl)Cl. The monoisotopic (exact) mass is 692 g/mol. The molecule has 0 amide bonds. The smallest absolute Gasteiger partial charge is 0.168 e. The van der Waals surface area contributed by atoms with Crippen molar-refractivity contribution in [3.05, 3.63) is 0 Å². The molecule has 0 N–H and O–H groups in total. The van der Waals surface area contributed by atoms with Crippen molar-refractivity contribution in [3.8, 4) is 0 Å². The second kappa shape index (κ2) is 9.06. The molecule has 0 spiro atoms. The van der Waals surface area contributed by atoms with Gasteiger partial charge in [-0.15, -0.1) is 0 Å². The molecule has 0 saturated heterocycles. The molecule has 0 aliphatic rings. The lowest BCUT2D eigenvalue weighted by molar-refractivity contribution is -0.143. The van der Waals surface area contributed by atoms with E-state index in [1.54, 1.807) is 0 Å². The molecule has 0 aromatic heterocycles. The number of rotatable bonds is 6. The lowest BCUT2D eigenvalue weighted by Crippen LogP contribution is -2.66. The van der Waals surface area contributed by atoms with Crippen molar-refractivity contribution in [2.45, 2.75) is 42.4 Å². The van der Waals surface area contributed by atoms with Crippen molar-refractivity contribution in [3.63, 3.8) is 0 Å². The average Bonchev–Trinajstić information content (AvgIpc) is 2.33. The van der Waals surface area contributed by atoms with E-state index in [9.17, 15) is 13.2 Å². The van der Waals surface area contributed by atoms with Crippen LogP contribution in [0.25, 0.3) is 0 Å². The van der Waals surface area contributed by atoms with Crippen LogP contribution in [0.2, 0.25) is 0 Å². The summed E-state index contributed by atoms with van der Waals surface area (Å²) in [6.07, 6.45) is -6.80. The summed E-state index contributed by atoms with van der Waals surface area (Å²) >= 11 is 86.4. The summed E-state index contributed by atoms with van der Waals surface area (Å²) in [5.74, 6) is 0. The summed E-state index contributed by atoms with van der Waals surface area (Å²) in [7, 11) is 0. The maximum atomic E-state index is 12.9. The normalized spacial score (nSPS) is 16.7. The first-order chi connectivity index (χ1) is 11.2. The minimum absolute atomic E-state index is 1.57. The van der Waals surface area contributed by atoms with Gasteiger partial charge in [-0.2, -0.15) is 13.2 Å². The predicted molar refractivity (Wildman–Crippen MR) is 118 cm³/mol. The summed E-state index contributed by atoms with van der Waals surface area (Å²) in [6, 6.07) is 0. The molecule has 18 heteroatoms. The summed E-state index contributed by atoms with van der Waals surface area (Å²) in [6.45, 7) is 0. The molecule has 0 aromatic carbocycles. The molecule has 0 aromatic rings. The molecule has 0 aliphatic heterocycles. The molecule has 0 rings (SSSR count). The van der Waals surface area contributed by atoms with Crippen LogP contribution in [-0.2, 0) is 0 Å². The maximum absolute atomic E-state index is 12.9. The molecule has 0 unspecified atom stereocenters. The minimum atomic E-state index is -5.23. The van der Waals surface area contributed by atoms with Gasteiger partial charge in [0.15, 0.2) is 17.3 Å². The summed E-state index contributed by atoms with van der Waals surface area (Å²) in [5.41, 5.74) is 0. The van der Waals surface area contributed by atoms with Crippen LogP contribution >= 0.6 is 174 Å². The van der Waals surface area contributed by atoms with Crippen molar-refractivity contribution in [2.75, 3.05) is 0 Å². The van der Waals surface area contributed by atoms with Gasteiger partial charge >= 0.3 is 6.18 Å². The first kappa shape index (κ1) is 31.1. The van der Waals surface area contributed by atoms with E-state index in [1.165, 1.54) is 0 Å². The van der Waals surface area contributed by atoms with Crippen LogP contribution in [-0.4, -0.2) is 36.0 Å². The number of halogens is 18. The quantitative estimate of drug-likeness (QED) is 0.242. The van der Waals surface area contributed by atoms with Crippen LogP contribution in [0.1, 0.15) is 6.42 Å². The van der Waals surface area contributed by atoms with Gasteiger partial charge in [-0.25, -0.2) is 0 Å². The van der Waals surface area contributed by atoms with Gasteiger partial charge in [0.25, 0.3) is 0 Å². The Morgan fingerprint density at radius 1 is 0.407 bits per heavy atom. The van der Waals surface area contributed by atoms with Gasteiger partial charge in [-0.3, -0.25) is 0 Å². The lowest BCUT2D eigenvalue weighted by Gasteiger charge is -2.51. The highest BCUT2D eigenvalue weighted by Gasteiger charge is 2.77. The fourth-order valence-corrected chi connectivity index (χ4v) is 5.82. The molecular weight excluding hydrogens is 697 g/mol. The van der Waals surface area contributed by atoms with Crippen LogP contribution < -0.4 is 0 Å². The van der Waals surface area contributed by atoms with Crippen molar-refractivity contribution in [1.29, 1.82) is 0 Å². The molecule has 0 radical (unpaired) electrons. The maximum Gasteiger partial charge on any atom is 0.421 e. The highest BCUT2D eigenvalue weighted by Crippen LogP contribution is 2.70. The molecule has 164 valence electrons. The Morgan fingerprint density at radius 3 is 0.963 bits per heavy atom. The fraction of sp³-hybridized carbons (Fsp3) is 1.00. The van der Waals surface area contributed by atoms with Gasteiger partial charge in [0.2, 0.25) is 12.5 Å². The third-order valence-corrected chi connectivity index (χ3v) is 12.0. The van der Waals surface area contributed by atoms with Crippen LogP contribution in [0.5, 0.6) is 0 Å². The summed E-state index contributed by atoms with van der Waals surface area (Å²) in [5, 5.41) is 0. The number of hydrogen-bond donors (Lipinski definition) is 0. The van der Waals surface area contributed by atoms with Crippen LogP contribution in [0, 0.1) is 0 Å². The molecule has 0 nitrogen and oxygen atoms in total. The predicted octanol–water partition coefficient (Wildman–Crippen LogP) is 10.4. The van der Waals surface area contributed by atoms with E-state index in [1.807, 2.05) is 0 Å². The van der Waals surface area contributed by atoms with Gasteiger partial charge in [0, 0.05) is 6.42 Å². The topological polar surface area (TPSA) is 0 Å². The molecule has 0 fully saturated rings. The fourth-order valence-electron chi connectivity index (χ4n) is 1.29. The highest BCUT2D eigenvalue weighted by atomic mass is 35.6. The van der Waals surface area contributed by atoms with Crippen LogP contribution in [0.3, 0.4) is 0 Å². The highest BCUT2D eigenvalue weighted by molar-refractivity contribution is 6.82. The van der Waals surface area contributed by atoms with Gasteiger partial charge in [-0.05, 0) is 0 Å². The Bertz CT molecular complexity index is 544. The molecule has 0 heterocycles. The zero-order valence-corrected chi connectivity index (χ0v) is 22.8.